The lowest BCUT2D eigenvalue weighted by molar-refractivity contribution is 0.431. The minimum atomic E-state index is -0.407. The number of benzene rings is 2. The number of ether oxygens (including phenoxy) is 1. The van der Waals surface area contributed by atoms with Gasteiger partial charge in [-0.2, -0.15) is 0 Å². The fraction of sp³-hybridized carbons (Fsp3) is 0.217. The molecule has 1 atom stereocenters. The fourth-order valence-corrected chi connectivity index (χ4v) is 3.17. The third kappa shape index (κ3) is 4.66. The number of rotatable bonds is 6. The third-order valence-corrected chi connectivity index (χ3v) is 5.24. The summed E-state index contributed by atoms with van der Waals surface area (Å²) < 4.78 is 7.37. The zero-order valence-corrected chi connectivity index (χ0v) is 17.5. The summed E-state index contributed by atoms with van der Waals surface area (Å²) in [5, 5.41) is 10.8. The molecule has 0 bridgehead atoms. The highest BCUT2D eigenvalue weighted by molar-refractivity contribution is 7.71. The molecule has 0 radical (unpaired) electrons. The van der Waals surface area contributed by atoms with Crippen LogP contribution in [0.2, 0.25) is 0 Å². The van der Waals surface area contributed by atoms with Crippen molar-refractivity contribution >= 4 is 18.3 Å². The Morgan fingerprint density at radius 3 is 2.41 bits per heavy atom. The minimum Gasteiger partial charge on any atom is -0.494 e. The van der Waals surface area contributed by atoms with Crippen LogP contribution < -0.4 is 10.3 Å². The van der Waals surface area contributed by atoms with Gasteiger partial charge >= 0.3 is 0 Å². The SMILES string of the molecule is CCC(C)C(C)=Cc1c(O)n(-c2ccc(Oc3ccccc3)cc2)c(=S)[nH]c1=O. The molecule has 0 fully saturated rings. The van der Waals surface area contributed by atoms with E-state index in [4.69, 9.17) is 17.0 Å². The topological polar surface area (TPSA) is 67.2 Å². The van der Waals surface area contributed by atoms with E-state index in [1.54, 1.807) is 30.3 Å². The first-order valence-electron chi connectivity index (χ1n) is 9.50. The van der Waals surface area contributed by atoms with Crippen LogP contribution in [-0.2, 0) is 0 Å². The van der Waals surface area contributed by atoms with Crippen LogP contribution in [0.25, 0.3) is 11.8 Å². The van der Waals surface area contributed by atoms with Gasteiger partial charge in [-0.25, -0.2) is 0 Å². The summed E-state index contributed by atoms with van der Waals surface area (Å²) in [7, 11) is 0. The van der Waals surface area contributed by atoms with E-state index in [0.29, 0.717) is 17.4 Å². The standard InChI is InChI=1S/C23H24N2O3S/c1-4-15(2)16(3)14-20-21(26)24-23(29)25(22(20)27)17-10-12-19(13-11-17)28-18-8-6-5-7-9-18/h5-15,27H,4H2,1-3H3,(H,24,26,29). The first-order valence-corrected chi connectivity index (χ1v) is 9.91. The summed E-state index contributed by atoms with van der Waals surface area (Å²) in [4.78, 5) is 15.0. The van der Waals surface area contributed by atoms with E-state index in [1.165, 1.54) is 4.57 Å². The van der Waals surface area contributed by atoms with Crippen molar-refractivity contribution in [3.8, 4) is 23.1 Å². The molecule has 0 amide bonds. The van der Waals surface area contributed by atoms with Crippen LogP contribution in [-0.4, -0.2) is 14.7 Å². The molecule has 150 valence electrons. The molecule has 2 aromatic carbocycles. The van der Waals surface area contributed by atoms with Gasteiger partial charge in [0.1, 0.15) is 17.1 Å². The molecule has 0 aliphatic carbocycles. The predicted molar refractivity (Wildman–Crippen MR) is 119 cm³/mol. The first-order chi connectivity index (χ1) is 13.9. The van der Waals surface area contributed by atoms with Crippen LogP contribution in [0.15, 0.2) is 65.0 Å². The van der Waals surface area contributed by atoms with Gasteiger partial charge < -0.3 is 9.84 Å². The molecule has 2 N–H and O–H groups in total. The first kappa shape index (κ1) is 20.6. The maximum atomic E-state index is 12.4. The van der Waals surface area contributed by atoms with Gasteiger partial charge in [0.2, 0.25) is 5.88 Å². The summed E-state index contributed by atoms with van der Waals surface area (Å²) in [6.07, 6.45) is 2.67. The summed E-state index contributed by atoms with van der Waals surface area (Å²) in [6, 6.07) is 16.6. The van der Waals surface area contributed by atoms with Crippen molar-refractivity contribution in [3.05, 3.63) is 80.9 Å². The number of hydrogen-bond acceptors (Lipinski definition) is 4. The monoisotopic (exact) mass is 408 g/mol. The van der Waals surface area contributed by atoms with E-state index in [-0.39, 0.29) is 16.2 Å². The van der Waals surface area contributed by atoms with Crippen LogP contribution in [0.4, 0.5) is 0 Å². The molecule has 6 heteroatoms. The molecule has 1 heterocycles. The molecule has 5 nitrogen and oxygen atoms in total. The molecule has 1 aromatic heterocycles. The Hall–Kier alpha value is -3.12. The highest BCUT2D eigenvalue weighted by Gasteiger charge is 2.14. The number of H-pyrrole nitrogens is 1. The lowest BCUT2D eigenvalue weighted by Crippen LogP contribution is -2.16. The summed E-state index contributed by atoms with van der Waals surface area (Å²) >= 11 is 5.29. The van der Waals surface area contributed by atoms with E-state index in [1.807, 2.05) is 37.3 Å². The zero-order chi connectivity index (χ0) is 21.0. The average Bonchev–Trinajstić information content (AvgIpc) is 2.72. The van der Waals surface area contributed by atoms with Crippen molar-refractivity contribution in [3.63, 3.8) is 0 Å². The fourth-order valence-electron chi connectivity index (χ4n) is 2.89. The van der Waals surface area contributed by atoms with Crippen LogP contribution in [0, 0.1) is 10.7 Å². The number of para-hydroxylation sites is 1. The highest BCUT2D eigenvalue weighted by atomic mass is 32.1. The molecule has 1 unspecified atom stereocenters. The van der Waals surface area contributed by atoms with Crippen molar-refractivity contribution in [1.29, 1.82) is 0 Å². The molecule has 29 heavy (non-hydrogen) atoms. The molecule has 3 rings (SSSR count). The van der Waals surface area contributed by atoms with Gasteiger partial charge in [0.05, 0.1) is 5.69 Å². The Morgan fingerprint density at radius 2 is 1.79 bits per heavy atom. The smallest absolute Gasteiger partial charge is 0.262 e. The van der Waals surface area contributed by atoms with Crippen LogP contribution in [0.5, 0.6) is 17.4 Å². The van der Waals surface area contributed by atoms with E-state index >= 15 is 0 Å². The quantitative estimate of drug-likeness (QED) is 0.503. The Bertz CT molecular complexity index is 1130. The molecule has 3 aromatic rings. The van der Waals surface area contributed by atoms with E-state index in [0.717, 1.165) is 17.7 Å². The molecule has 0 saturated heterocycles. The molecule has 0 spiro atoms. The van der Waals surface area contributed by atoms with Crippen LogP contribution in [0.1, 0.15) is 32.8 Å². The van der Waals surface area contributed by atoms with Gasteiger partial charge in [0.25, 0.3) is 5.56 Å². The summed E-state index contributed by atoms with van der Waals surface area (Å²) in [5.41, 5.74) is 1.43. The van der Waals surface area contributed by atoms with Gasteiger partial charge in [-0.05, 0) is 74.0 Å². The number of nitrogens with zero attached hydrogens (tertiary/aromatic N) is 1. The maximum Gasteiger partial charge on any atom is 0.262 e. The second-order valence-corrected chi connectivity index (χ2v) is 7.33. The lowest BCUT2D eigenvalue weighted by atomic mass is 9.98. The Balaban J connectivity index is 1.99. The summed E-state index contributed by atoms with van der Waals surface area (Å²) in [5.74, 6) is 1.51. The van der Waals surface area contributed by atoms with Crippen molar-refractivity contribution in [1.82, 2.24) is 9.55 Å². The highest BCUT2D eigenvalue weighted by Crippen LogP contribution is 2.26. The number of nitrogens with one attached hydrogen (secondary N) is 1. The van der Waals surface area contributed by atoms with Gasteiger partial charge in [-0.1, -0.05) is 37.6 Å². The van der Waals surface area contributed by atoms with Crippen LogP contribution in [0.3, 0.4) is 0 Å². The number of aromatic nitrogens is 2. The third-order valence-electron chi connectivity index (χ3n) is 4.96. The van der Waals surface area contributed by atoms with Gasteiger partial charge in [-0.3, -0.25) is 14.3 Å². The van der Waals surface area contributed by atoms with E-state index in [2.05, 4.69) is 18.8 Å². The molecule has 0 aliphatic rings. The van der Waals surface area contributed by atoms with Gasteiger partial charge in [0, 0.05) is 0 Å². The molecule has 0 saturated carbocycles. The van der Waals surface area contributed by atoms with E-state index in [9.17, 15) is 9.90 Å². The number of allylic oxidation sites excluding steroid dienone is 1. The number of hydrogen-bond donors (Lipinski definition) is 2. The Kier molecular flexibility index (Phi) is 6.34. The van der Waals surface area contributed by atoms with Crippen molar-refractivity contribution in [2.24, 2.45) is 5.92 Å². The van der Waals surface area contributed by atoms with Crippen LogP contribution >= 0.6 is 12.2 Å². The average molecular weight is 409 g/mol. The largest absolute Gasteiger partial charge is 0.494 e. The zero-order valence-electron chi connectivity index (χ0n) is 16.7. The maximum absolute atomic E-state index is 12.4. The lowest BCUT2D eigenvalue weighted by Gasteiger charge is -2.14. The van der Waals surface area contributed by atoms with Crippen molar-refractivity contribution in [2.75, 3.05) is 0 Å². The van der Waals surface area contributed by atoms with Gasteiger partial charge in [0.15, 0.2) is 4.77 Å². The number of aromatic hydroxyl groups is 1. The Morgan fingerprint density at radius 1 is 1.17 bits per heavy atom. The van der Waals surface area contributed by atoms with Crippen molar-refractivity contribution < 1.29 is 9.84 Å². The summed E-state index contributed by atoms with van der Waals surface area (Å²) in [6.45, 7) is 6.12. The second-order valence-electron chi connectivity index (χ2n) is 6.94. The van der Waals surface area contributed by atoms with Gasteiger partial charge in [-0.15, -0.1) is 0 Å². The number of aromatic amines is 1. The minimum absolute atomic E-state index is 0.127. The molecular weight excluding hydrogens is 384 g/mol. The van der Waals surface area contributed by atoms with E-state index < -0.39 is 5.56 Å². The second kappa shape index (κ2) is 8.92. The molecular formula is C23H24N2O3S. The normalized spacial score (nSPS) is 12.6. The Labute approximate surface area is 174 Å². The van der Waals surface area contributed by atoms with Crippen molar-refractivity contribution in [2.45, 2.75) is 27.2 Å². The molecule has 0 aliphatic heterocycles. The predicted octanol–water partition coefficient (Wildman–Crippen LogP) is 5.84.